The van der Waals surface area contributed by atoms with E-state index in [0.29, 0.717) is 25.7 Å². The van der Waals surface area contributed by atoms with Gasteiger partial charge in [-0.1, -0.05) is 12.8 Å². The van der Waals surface area contributed by atoms with E-state index in [1.807, 2.05) is 0 Å². The first-order chi connectivity index (χ1) is 10.1. The van der Waals surface area contributed by atoms with Crippen LogP contribution in [0.1, 0.15) is 32.1 Å². The number of carbonyl (C=O) groups is 1. The molecule has 9 nitrogen and oxygen atoms in total. The molecule has 11 heteroatoms. The molecule has 22 heavy (non-hydrogen) atoms. The highest BCUT2D eigenvalue weighted by atomic mass is 32.2. The lowest BCUT2D eigenvalue weighted by Crippen LogP contribution is -2.57. The fraction of sp³-hybridized carbons (Fsp3) is 0.909. The van der Waals surface area contributed by atoms with Gasteiger partial charge in [0.25, 0.3) is 10.2 Å². The number of hydrogen-bond donors (Lipinski definition) is 5. The molecule has 1 atom stereocenters. The number of hydrogen-bond acceptors (Lipinski definition) is 6. The molecule has 1 aliphatic rings. The fourth-order valence-electron chi connectivity index (χ4n) is 2.86. The van der Waals surface area contributed by atoms with Crippen LogP contribution in [0.4, 0.5) is 0 Å². The number of carboxylic acid groups (broad SMARTS) is 1. The van der Waals surface area contributed by atoms with E-state index in [2.05, 4.69) is 0 Å². The van der Waals surface area contributed by atoms with Crippen LogP contribution < -0.4 is 10.9 Å². The molecule has 1 saturated heterocycles. The molecule has 128 valence electrons. The number of carboxylic acids is 1. The zero-order valence-electron chi connectivity index (χ0n) is 12.4. The number of aliphatic carboxylic acids is 1. The lowest BCUT2D eigenvalue weighted by atomic mass is 9.74. The van der Waals surface area contributed by atoms with Crippen molar-refractivity contribution in [1.29, 1.82) is 0 Å². The molecule has 0 spiro atoms. The van der Waals surface area contributed by atoms with Gasteiger partial charge in [0, 0.05) is 13.1 Å². The van der Waals surface area contributed by atoms with E-state index >= 15 is 0 Å². The molecule has 1 fully saturated rings. The van der Waals surface area contributed by atoms with Crippen molar-refractivity contribution in [3.8, 4) is 0 Å². The molecule has 0 saturated carbocycles. The van der Waals surface area contributed by atoms with Gasteiger partial charge in [-0.25, -0.2) is 5.14 Å². The maximum atomic E-state index is 11.5. The Labute approximate surface area is 130 Å². The average molecular weight is 337 g/mol. The Morgan fingerprint density at radius 1 is 1.27 bits per heavy atom. The summed E-state index contributed by atoms with van der Waals surface area (Å²) in [5.74, 6) is -1.46. The van der Waals surface area contributed by atoms with Crippen molar-refractivity contribution >= 4 is 23.3 Å². The quantitative estimate of drug-likeness (QED) is 0.260. The topological polar surface area (TPSA) is 167 Å². The Balaban J connectivity index is 2.62. The van der Waals surface area contributed by atoms with E-state index in [1.165, 1.54) is 0 Å². The number of unbranched alkanes of at least 4 members (excludes halogenated alkanes) is 1. The maximum absolute atomic E-state index is 11.5. The minimum atomic E-state index is -3.76. The highest BCUT2D eigenvalue weighted by Crippen LogP contribution is 2.31. The maximum Gasteiger partial charge on any atom is 0.451 e. The Morgan fingerprint density at radius 3 is 2.23 bits per heavy atom. The Morgan fingerprint density at radius 2 is 1.82 bits per heavy atom. The van der Waals surface area contributed by atoms with Gasteiger partial charge >= 0.3 is 13.1 Å². The number of nitrogens with zero attached hydrogens (tertiary/aromatic N) is 1. The van der Waals surface area contributed by atoms with Crippen LogP contribution in [0.5, 0.6) is 0 Å². The third-order valence-electron chi connectivity index (χ3n) is 4.24. The molecule has 0 aliphatic carbocycles. The largest absolute Gasteiger partial charge is 0.480 e. The fourth-order valence-corrected chi connectivity index (χ4v) is 3.58. The predicted molar refractivity (Wildman–Crippen MR) is 80.8 cm³/mol. The minimum absolute atomic E-state index is 0.158. The zero-order valence-corrected chi connectivity index (χ0v) is 13.2. The van der Waals surface area contributed by atoms with E-state index in [0.717, 1.165) is 4.31 Å². The summed E-state index contributed by atoms with van der Waals surface area (Å²) in [6.45, 7) is 0.316. The molecule has 0 radical (unpaired) electrons. The standard InChI is InChI=1S/C11H24BN3O6S/c13-11(10(16)17,5-1-2-6-12(18)19)9-3-7-15(8-4-9)22(14,20)21/h9,18-19H,1-8,13H2,(H,16,17)(H2,14,20,21). The monoisotopic (exact) mass is 337 g/mol. The Kier molecular flexibility index (Phi) is 6.77. The van der Waals surface area contributed by atoms with Crippen molar-refractivity contribution in [1.82, 2.24) is 4.31 Å². The SMILES string of the molecule is NC(CCCCB(O)O)(C(=O)O)C1CCN(S(N)(=O)=O)CC1. The summed E-state index contributed by atoms with van der Waals surface area (Å²) in [6, 6.07) is 0. The van der Waals surface area contributed by atoms with Crippen molar-refractivity contribution < 1.29 is 28.4 Å². The van der Waals surface area contributed by atoms with Crippen molar-refractivity contribution in [2.75, 3.05) is 13.1 Å². The molecule has 1 aliphatic heterocycles. The first-order valence-corrected chi connectivity index (χ1v) is 8.74. The summed E-state index contributed by atoms with van der Waals surface area (Å²) < 4.78 is 23.6. The molecule has 0 aromatic heterocycles. The van der Waals surface area contributed by atoms with E-state index in [1.54, 1.807) is 0 Å². The first kappa shape index (κ1) is 19.3. The molecule has 0 aromatic rings. The average Bonchev–Trinajstić information content (AvgIpc) is 2.42. The van der Waals surface area contributed by atoms with Crippen LogP contribution in [0.15, 0.2) is 0 Å². The van der Waals surface area contributed by atoms with Crippen LogP contribution in [0.2, 0.25) is 6.32 Å². The van der Waals surface area contributed by atoms with Gasteiger partial charge in [-0.2, -0.15) is 12.7 Å². The van der Waals surface area contributed by atoms with Crippen molar-refractivity contribution in [2.24, 2.45) is 16.8 Å². The summed E-state index contributed by atoms with van der Waals surface area (Å²) in [6.07, 6.45) is 1.95. The second kappa shape index (κ2) is 7.71. The molecule has 1 heterocycles. The molecule has 0 amide bonds. The molecular weight excluding hydrogens is 313 g/mol. The summed E-state index contributed by atoms with van der Waals surface area (Å²) in [5.41, 5.74) is 4.62. The van der Waals surface area contributed by atoms with Crippen molar-refractivity contribution in [3.05, 3.63) is 0 Å². The zero-order chi connectivity index (χ0) is 17.0. The summed E-state index contributed by atoms with van der Waals surface area (Å²) >= 11 is 0. The summed E-state index contributed by atoms with van der Waals surface area (Å²) in [4.78, 5) is 11.5. The summed E-state index contributed by atoms with van der Waals surface area (Å²) in [7, 11) is -5.16. The van der Waals surface area contributed by atoms with Crippen LogP contribution in [0.25, 0.3) is 0 Å². The lowest BCUT2D eigenvalue weighted by molar-refractivity contribution is -0.146. The highest BCUT2D eigenvalue weighted by molar-refractivity contribution is 7.86. The van der Waals surface area contributed by atoms with Crippen LogP contribution in [-0.4, -0.2) is 59.6 Å². The second-order valence-corrected chi connectivity index (χ2v) is 7.34. The third kappa shape index (κ3) is 5.18. The molecule has 1 unspecified atom stereocenters. The molecular formula is C11H24BN3O6S. The van der Waals surface area contributed by atoms with Crippen LogP contribution in [0, 0.1) is 5.92 Å². The Bertz CT molecular complexity index is 480. The van der Waals surface area contributed by atoms with Gasteiger partial charge in [0.15, 0.2) is 0 Å². The Hall–Kier alpha value is -0.715. The van der Waals surface area contributed by atoms with E-state index in [9.17, 15) is 18.3 Å². The van der Waals surface area contributed by atoms with Crippen LogP contribution in [-0.2, 0) is 15.0 Å². The highest BCUT2D eigenvalue weighted by Gasteiger charge is 2.43. The lowest BCUT2D eigenvalue weighted by Gasteiger charge is -2.39. The molecule has 0 aromatic carbocycles. The van der Waals surface area contributed by atoms with Gasteiger partial charge in [-0.15, -0.1) is 0 Å². The van der Waals surface area contributed by atoms with Crippen LogP contribution >= 0.6 is 0 Å². The van der Waals surface area contributed by atoms with Crippen molar-refractivity contribution in [3.63, 3.8) is 0 Å². The van der Waals surface area contributed by atoms with Gasteiger partial charge in [0.2, 0.25) is 0 Å². The predicted octanol–water partition coefficient (Wildman–Crippen LogP) is -1.67. The van der Waals surface area contributed by atoms with E-state index < -0.39 is 28.8 Å². The second-order valence-electron chi connectivity index (χ2n) is 5.79. The van der Waals surface area contributed by atoms with E-state index in [-0.39, 0.29) is 31.7 Å². The molecule has 0 bridgehead atoms. The number of rotatable bonds is 8. The van der Waals surface area contributed by atoms with Gasteiger partial charge in [-0.05, 0) is 31.5 Å². The van der Waals surface area contributed by atoms with Gasteiger partial charge in [0.05, 0.1) is 0 Å². The van der Waals surface area contributed by atoms with Gasteiger partial charge in [-0.3, -0.25) is 4.79 Å². The summed E-state index contributed by atoms with van der Waals surface area (Å²) in [5, 5.41) is 32.1. The van der Waals surface area contributed by atoms with Gasteiger partial charge < -0.3 is 20.9 Å². The van der Waals surface area contributed by atoms with Crippen LogP contribution in [0.3, 0.4) is 0 Å². The molecule has 1 rings (SSSR count). The van der Waals surface area contributed by atoms with Crippen molar-refractivity contribution in [2.45, 2.75) is 44.0 Å². The normalized spacial score (nSPS) is 20.5. The third-order valence-corrected chi connectivity index (χ3v) is 5.33. The minimum Gasteiger partial charge on any atom is -0.480 e. The van der Waals surface area contributed by atoms with E-state index in [4.69, 9.17) is 20.9 Å². The number of nitrogens with two attached hydrogens (primary N) is 2. The first-order valence-electron chi connectivity index (χ1n) is 7.23. The smallest absolute Gasteiger partial charge is 0.451 e. The number of piperidine rings is 1. The van der Waals surface area contributed by atoms with Gasteiger partial charge in [0.1, 0.15) is 5.54 Å². The molecule has 7 N–H and O–H groups in total.